The van der Waals surface area contributed by atoms with Gasteiger partial charge in [-0.15, -0.1) is 0 Å². The Balaban J connectivity index is 2.02. The van der Waals surface area contributed by atoms with E-state index in [1.54, 1.807) is 25.3 Å². The van der Waals surface area contributed by atoms with Crippen LogP contribution in [0.15, 0.2) is 53.5 Å². The number of halogens is 1. The minimum absolute atomic E-state index is 0.0276. The van der Waals surface area contributed by atoms with E-state index in [1.807, 2.05) is 0 Å². The maximum absolute atomic E-state index is 13.9. The third-order valence-corrected chi connectivity index (χ3v) is 4.64. The van der Waals surface area contributed by atoms with Gasteiger partial charge in [-0.05, 0) is 47.9 Å². The van der Waals surface area contributed by atoms with E-state index in [-0.39, 0.29) is 34.5 Å². The van der Waals surface area contributed by atoms with Gasteiger partial charge in [-0.25, -0.2) is 13.9 Å². The summed E-state index contributed by atoms with van der Waals surface area (Å²) in [7, 11) is 1.57. The summed E-state index contributed by atoms with van der Waals surface area (Å²) >= 11 is 0. The van der Waals surface area contributed by atoms with E-state index in [0.29, 0.717) is 18.6 Å². The number of amides is 2. The van der Waals surface area contributed by atoms with Crippen LogP contribution in [0.4, 0.5) is 9.18 Å². The lowest BCUT2D eigenvalue weighted by atomic mass is 10.00. The van der Waals surface area contributed by atoms with Crippen LogP contribution in [-0.4, -0.2) is 35.5 Å². The highest BCUT2D eigenvalue weighted by Gasteiger charge is 2.13. The van der Waals surface area contributed by atoms with Gasteiger partial charge in [0.25, 0.3) is 0 Å². The van der Waals surface area contributed by atoms with Crippen LogP contribution >= 0.6 is 0 Å². The predicted molar refractivity (Wildman–Crippen MR) is 113 cm³/mol. The van der Waals surface area contributed by atoms with Crippen molar-refractivity contribution in [2.75, 3.05) is 13.7 Å². The molecule has 0 aliphatic heterocycles. The van der Waals surface area contributed by atoms with Crippen molar-refractivity contribution in [1.82, 2.24) is 9.78 Å². The molecule has 0 aliphatic carbocycles. The van der Waals surface area contributed by atoms with E-state index in [4.69, 9.17) is 20.9 Å². The summed E-state index contributed by atoms with van der Waals surface area (Å²) in [4.78, 5) is 35.0. The number of nitrogens with two attached hydrogens (primary N) is 2. The summed E-state index contributed by atoms with van der Waals surface area (Å²) in [5, 5.41) is 4.31. The molecule has 32 heavy (non-hydrogen) atoms. The van der Waals surface area contributed by atoms with Gasteiger partial charge in [0.2, 0.25) is 11.3 Å². The van der Waals surface area contributed by atoms with Crippen LogP contribution in [0.1, 0.15) is 27.2 Å². The van der Waals surface area contributed by atoms with Gasteiger partial charge in [0, 0.05) is 31.4 Å². The van der Waals surface area contributed by atoms with Crippen LogP contribution in [0.25, 0.3) is 5.69 Å². The Kier molecular flexibility index (Phi) is 6.96. The average Bonchev–Trinajstić information content (AvgIpc) is 2.74. The smallest absolute Gasteiger partial charge is 0.409 e. The van der Waals surface area contributed by atoms with E-state index in [2.05, 4.69) is 5.10 Å². The van der Waals surface area contributed by atoms with Gasteiger partial charge in [-0.2, -0.15) is 5.10 Å². The molecule has 0 fully saturated rings. The highest BCUT2D eigenvalue weighted by atomic mass is 19.1. The van der Waals surface area contributed by atoms with Crippen molar-refractivity contribution in [3.05, 3.63) is 87.1 Å². The number of carbonyl (C=O) groups excluding carboxylic acids is 2. The van der Waals surface area contributed by atoms with E-state index < -0.39 is 17.8 Å². The van der Waals surface area contributed by atoms with Crippen molar-refractivity contribution in [2.24, 2.45) is 11.5 Å². The van der Waals surface area contributed by atoms with Crippen molar-refractivity contribution in [1.29, 1.82) is 0 Å². The number of hydrogen-bond donors (Lipinski definition) is 2. The first-order chi connectivity index (χ1) is 15.3. The SMILES string of the molecule is COCCc1ccc(OC(N)=O)cc1Cc1nn(-c2cc(F)cc(C(N)=O)c2)ccc1=O. The largest absolute Gasteiger partial charge is 0.410 e. The molecule has 10 heteroatoms. The second-order valence-electron chi connectivity index (χ2n) is 6.90. The van der Waals surface area contributed by atoms with Crippen LogP contribution in [0.5, 0.6) is 5.75 Å². The van der Waals surface area contributed by atoms with Gasteiger partial charge in [-0.1, -0.05) is 6.07 Å². The molecule has 0 atom stereocenters. The zero-order valence-electron chi connectivity index (χ0n) is 17.2. The monoisotopic (exact) mass is 440 g/mol. The van der Waals surface area contributed by atoms with Crippen LogP contribution in [0.3, 0.4) is 0 Å². The molecule has 166 valence electrons. The van der Waals surface area contributed by atoms with E-state index in [9.17, 15) is 18.8 Å². The highest BCUT2D eigenvalue weighted by molar-refractivity contribution is 5.93. The zero-order chi connectivity index (χ0) is 23.3. The van der Waals surface area contributed by atoms with Gasteiger partial charge in [0.05, 0.1) is 12.3 Å². The molecular weight excluding hydrogens is 419 g/mol. The van der Waals surface area contributed by atoms with Gasteiger partial charge in [-0.3, -0.25) is 9.59 Å². The third-order valence-electron chi connectivity index (χ3n) is 4.64. The Morgan fingerprint density at radius 2 is 1.88 bits per heavy atom. The Morgan fingerprint density at radius 1 is 1.09 bits per heavy atom. The first-order valence-corrected chi connectivity index (χ1v) is 9.54. The van der Waals surface area contributed by atoms with Gasteiger partial charge >= 0.3 is 6.09 Å². The van der Waals surface area contributed by atoms with E-state index in [1.165, 1.54) is 29.1 Å². The molecule has 9 nitrogen and oxygen atoms in total. The van der Waals surface area contributed by atoms with Crippen LogP contribution in [0.2, 0.25) is 0 Å². The molecule has 0 saturated heterocycles. The van der Waals surface area contributed by atoms with Crippen LogP contribution < -0.4 is 21.6 Å². The lowest BCUT2D eigenvalue weighted by Crippen LogP contribution is -2.18. The Bertz CT molecular complexity index is 1230. The van der Waals surface area contributed by atoms with Crippen molar-refractivity contribution < 1.29 is 23.5 Å². The zero-order valence-corrected chi connectivity index (χ0v) is 17.2. The number of primary amides is 2. The number of ether oxygens (including phenoxy) is 2. The number of carbonyl (C=O) groups is 2. The molecule has 1 heterocycles. The molecule has 3 aromatic rings. The molecular formula is C22H21FN4O5. The predicted octanol–water partition coefficient (Wildman–Crippen LogP) is 1.71. The summed E-state index contributed by atoms with van der Waals surface area (Å²) in [5.74, 6) is -1.24. The van der Waals surface area contributed by atoms with E-state index >= 15 is 0 Å². The Hall–Kier alpha value is -4.05. The van der Waals surface area contributed by atoms with Crippen molar-refractivity contribution in [3.63, 3.8) is 0 Å². The number of aromatic nitrogens is 2. The maximum atomic E-state index is 13.9. The fourth-order valence-corrected chi connectivity index (χ4v) is 3.14. The molecule has 1 aromatic heterocycles. The number of methoxy groups -OCH3 is 1. The Morgan fingerprint density at radius 3 is 2.56 bits per heavy atom. The summed E-state index contributed by atoms with van der Waals surface area (Å²) < 4.78 is 25.3. The maximum Gasteiger partial charge on any atom is 0.409 e. The van der Waals surface area contributed by atoms with Gasteiger partial charge < -0.3 is 20.9 Å². The van der Waals surface area contributed by atoms with Crippen LogP contribution in [0, 0.1) is 5.82 Å². The van der Waals surface area contributed by atoms with Crippen LogP contribution in [-0.2, 0) is 17.6 Å². The second-order valence-corrected chi connectivity index (χ2v) is 6.90. The molecule has 0 aliphatic rings. The van der Waals surface area contributed by atoms with Crippen molar-refractivity contribution >= 4 is 12.0 Å². The van der Waals surface area contributed by atoms with Crippen molar-refractivity contribution in [3.8, 4) is 11.4 Å². The van der Waals surface area contributed by atoms with Gasteiger partial charge in [0.1, 0.15) is 17.3 Å². The molecule has 3 rings (SSSR count). The average molecular weight is 440 g/mol. The quantitative estimate of drug-likeness (QED) is 0.547. The standard InChI is InChI=1S/C22H21FN4O5/c1-31-7-5-13-2-3-18(32-22(25)30)10-14(13)11-19-20(28)4-6-27(26-19)17-9-15(21(24)29)8-16(23)12-17/h2-4,6,8-10,12H,5,7,11H2,1H3,(H2,24,29)(H2,25,30). The lowest BCUT2D eigenvalue weighted by Gasteiger charge is -2.13. The minimum Gasteiger partial charge on any atom is -0.410 e. The third kappa shape index (κ3) is 5.55. The number of hydrogen-bond acceptors (Lipinski definition) is 6. The molecule has 0 bridgehead atoms. The van der Waals surface area contributed by atoms with E-state index in [0.717, 1.165) is 11.6 Å². The summed E-state index contributed by atoms with van der Waals surface area (Å²) in [6.45, 7) is 0.439. The number of rotatable bonds is 8. The van der Waals surface area contributed by atoms with Gasteiger partial charge in [0.15, 0.2) is 0 Å². The lowest BCUT2D eigenvalue weighted by molar-refractivity contribution is 0.0999. The minimum atomic E-state index is -0.961. The molecule has 4 N–H and O–H groups in total. The molecule has 2 aromatic carbocycles. The fraction of sp³-hybridized carbons (Fsp3) is 0.182. The van der Waals surface area contributed by atoms with Crippen molar-refractivity contribution in [2.45, 2.75) is 12.8 Å². The molecule has 0 spiro atoms. The topological polar surface area (TPSA) is 140 Å². The first kappa shape index (κ1) is 22.6. The fourth-order valence-electron chi connectivity index (χ4n) is 3.14. The number of nitrogens with zero attached hydrogens (tertiary/aromatic N) is 2. The first-order valence-electron chi connectivity index (χ1n) is 9.54. The molecule has 0 saturated carbocycles. The normalized spacial score (nSPS) is 10.7. The number of benzene rings is 2. The molecule has 2 amide bonds. The highest BCUT2D eigenvalue weighted by Crippen LogP contribution is 2.21. The summed E-state index contributed by atoms with van der Waals surface area (Å²) in [6, 6.07) is 9.78. The summed E-state index contributed by atoms with van der Waals surface area (Å²) in [5.41, 5.74) is 11.9. The molecule has 0 unspecified atom stereocenters. The molecule has 0 radical (unpaired) electrons. The second kappa shape index (κ2) is 9.84. The Labute approximate surface area is 182 Å². The summed E-state index contributed by atoms with van der Waals surface area (Å²) in [6.07, 6.45) is 1.06.